The Morgan fingerprint density at radius 1 is 0.900 bits per heavy atom. The highest BCUT2D eigenvalue weighted by atomic mass is 35.5. The first kappa shape index (κ1) is 13.1. The summed E-state index contributed by atoms with van der Waals surface area (Å²) in [7, 11) is 0. The van der Waals surface area contributed by atoms with Gasteiger partial charge in [0.25, 0.3) is 0 Å². The molecule has 4 heteroatoms. The predicted octanol–water partition coefficient (Wildman–Crippen LogP) is 5.29. The highest BCUT2D eigenvalue weighted by Crippen LogP contribution is 2.29. The van der Waals surface area contributed by atoms with Crippen molar-refractivity contribution in [1.82, 2.24) is 4.98 Å². The number of hydrogen-bond acceptors (Lipinski definition) is 2. The number of halogens is 2. The molecule has 3 aromatic rings. The SMILES string of the molecule is Clc1nc2ccccc2c(Cl)c1C=Nc1ccccc1. The topological polar surface area (TPSA) is 25.2 Å². The fraction of sp³-hybridized carbons (Fsp3) is 0. The fourth-order valence-corrected chi connectivity index (χ4v) is 2.50. The van der Waals surface area contributed by atoms with Gasteiger partial charge in [-0.1, -0.05) is 59.6 Å². The Kier molecular flexibility index (Phi) is 3.68. The predicted molar refractivity (Wildman–Crippen MR) is 85.5 cm³/mol. The van der Waals surface area contributed by atoms with Crippen LogP contribution < -0.4 is 0 Å². The lowest BCUT2D eigenvalue weighted by molar-refractivity contribution is 1.39. The summed E-state index contributed by atoms with van der Waals surface area (Å²) in [5.41, 5.74) is 2.25. The summed E-state index contributed by atoms with van der Waals surface area (Å²) in [6, 6.07) is 17.2. The van der Waals surface area contributed by atoms with Gasteiger partial charge in [0.2, 0.25) is 0 Å². The minimum atomic E-state index is 0.355. The summed E-state index contributed by atoms with van der Waals surface area (Å²) in [5.74, 6) is 0. The number of rotatable bonds is 2. The van der Waals surface area contributed by atoms with E-state index in [0.29, 0.717) is 15.7 Å². The van der Waals surface area contributed by atoms with Crippen LogP contribution in [0.4, 0.5) is 5.69 Å². The molecular formula is C16H10Cl2N2. The van der Waals surface area contributed by atoms with Crippen LogP contribution >= 0.6 is 23.2 Å². The van der Waals surface area contributed by atoms with Crippen molar-refractivity contribution < 1.29 is 0 Å². The second-order valence-electron chi connectivity index (χ2n) is 4.24. The Hall–Kier alpha value is -1.90. The monoisotopic (exact) mass is 300 g/mol. The molecule has 0 aliphatic rings. The van der Waals surface area contributed by atoms with Crippen molar-refractivity contribution in [3.8, 4) is 0 Å². The highest BCUT2D eigenvalue weighted by Gasteiger charge is 2.10. The van der Waals surface area contributed by atoms with E-state index in [9.17, 15) is 0 Å². The van der Waals surface area contributed by atoms with E-state index in [2.05, 4.69) is 9.98 Å². The third-order valence-electron chi connectivity index (χ3n) is 2.92. The van der Waals surface area contributed by atoms with E-state index in [1.165, 1.54) is 0 Å². The standard InChI is InChI=1S/C16H10Cl2N2/c17-15-12-8-4-5-9-14(12)20-16(18)13(15)10-19-11-6-2-1-3-7-11/h1-10H. The molecular weight excluding hydrogens is 291 g/mol. The van der Waals surface area contributed by atoms with Crippen LogP contribution in [0.15, 0.2) is 59.6 Å². The van der Waals surface area contributed by atoms with Gasteiger partial charge in [-0.3, -0.25) is 4.99 Å². The Morgan fingerprint density at radius 2 is 1.60 bits per heavy atom. The molecule has 0 aliphatic carbocycles. The molecule has 3 rings (SSSR count). The van der Waals surface area contributed by atoms with Gasteiger partial charge in [-0.2, -0.15) is 0 Å². The lowest BCUT2D eigenvalue weighted by Gasteiger charge is -2.05. The van der Waals surface area contributed by atoms with E-state index in [1.807, 2.05) is 54.6 Å². The molecule has 20 heavy (non-hydrogen) atoms. The van der Waals surface area contributed by atoms with E-state index in [4.69, 9.17) is 23.2 Å². The van der Waals surface area contributed by atoms with Crippen molar-refractivity contribution in [1.29, 1.82) is 0 Å². The fourth-order valence-electron chi connectivity index (χ4n) is 1.92. The van der Waals surface area contributed by atoms with Gasteiger partial charge in [-0.25, -0.2) is 4.98 Å². The lowest BCUT2D eigenvalue weighted by Crippen LogP contribution is -1.91. The van der Waals surface area contributed by atoms with Crippen molar-refractivity contribution in [2.75, 3.05) is 0 Å². The average molecular weight is 301 g/mol. The zero-order chi connectivity index (χ0) is 13.9. The van der Waals surface area contributed by atoms with Crippen molar-refractivity contribution >= 4 is 46.0 Å². The van der Waals surface area contributed by atoms with Gasteiger partial charge in [0.1, 0.15) is 5.15 Å². The number of benzene rings is 2. The molecule has 0 spiro atoms. The molecule has 98 valence electrons. The molecule has 1 aromatic heterocycles. The minimum Gasteiger partial charge on any atom is -0.256 e. The van der Waals surface area contributed by atoms with E-state index in [1.54, 1.807) is 6.21 Å². The first-order valence-corrected chi connectivity index (χ1v) is 6.84. The molecule has 0 amide bonds. The Labute approximate surface area is 126 Å². The Balaban J connectivity index is 2.10. The third-order valence-corrected chi connectivity index (χ3v) is 3.61. The molecule has 2 aromatic carbocycles. The molecule has 0 saturated carbocycles. The van der Waals surface area contributed by atoms with Crippen LogP contribution in [0, 0.1) is 0 Å². The molecule has 0 radical (unpaired) electrons. The van der Waals surface area contributed by atoms with Crippen molar-refractivity contribution in [2.24, 2.45) is 4.99 Å². The maximum Gasteiger partial charge on any atom is 0.140 e. The second kappa shape index (κ2) is 5.61. The number of para-hydroxylation sites is 2. The first-order chi connectivity index (χ1) is 9.75. The van der Waals surface area contributed by atoms with Crippen LogP contribution in [0.1, 0.15) is 5.56 Å². The molecule has 0 atom stereocenters. The van der Waals surface area contributed by atoms with Crippen molar-refractivity contribution in [3.05, 3.63) is 70.3 Å². The Morgan fingerprint density at radius 3 is 2.40 bits per heavy atom. The maximum absolute atomic E-state index is 6.40. The number of nitrogens with zero attached hydrogens (tertiary/aromatic N) is 2. The number of hydrogen-bond donors (Lipinski definition) is 0. The summed E-state index contributed by atoms with van der Waals surface area (Å²) in [4.78, 5) is 8.71. The van der Waals surface area contributed by atoms with Gasteiger partial charge < -0.3 is 0 Å². The van der Waals surface area contributed by atoms with Crippen molar-refractivity contribution in [3.63, 3.8) is 0 Å². The molecule has 0 aliphatic heterocycles. The number of aromatic nitrogens is 1. The average Bonchev–Trinajstić information content (AvgIpc) is 2.48. The summed E-state index contributed by atoms with van der Waals surface area (Å²) in [6.45, 7) is 0. The Bertz CT molecular complexity index is 783. The van der Waals surface area contributed by atoms with Gasteiger partial charge in [0, 0.05) is 17.2 Å². The van der Waals surface area contributed by atoms with Crippen molar-refractivity contribution in [2.45, 2.75) is 0 Å². The summed E-state index contributed by atoms with van der Waals surface area (Å²) in [5, 5.41) is 1.79. The van der Waals surface area contributed by atoms with Crippen LogP contribution in [0.2, 0.25) is 10.2 Å². The van der Waals surface area contributed by atoms with Gasteiger partial charge in [-0.15, -0.1) is 0 Å². The molecule has 0 saturated heterocycles. The number of fused-ring (bicyclic) bond motifs is 1. The molecule has 0 fully saturated rings. The molecule has 0 unspecified atom stereocenters. The van der Waals surface area contributed by atoms with E-state index >= 15 is 0 Å². The smallest absolute Gasteiger partial charge is 0.140 e. The molecule has 2 nitrogen and oxygen atoms in total. The van der Waals surface area contributed by atoms with Crippen LogP contribution in [0.25, 0.3) is 10.9 Å². The summed E-state index contributed by atoms with van der Waals surface area (Å²) in [6.07, 6.45) is 1.65. The van der Waals surface area contributed by atoms with Crippen LogP contribution in [-0.4, -0.2) is 11.2 Å². The van der Waals surface area contributed by atoms with Crippen LogP contribution in [0.5, 0.6) is 0 Å². The van der Waals surface area contributed by atoms with E-state index < -0.39 is 0 Å². The maximum atomic E-state index is 6.40. The van der Waals surface area contributed by atoms with Gasteiger partial charge >= 0.3 is 0 Å². The summed E-state index contributed by atoms with van der Waals surface area (Å²) < 4.78 is 0. The van der Waals surface area contributed by atoms with Crippen LogP contribution in [0.3, 0.4) is 0 Å². The quantitative estimate of drug-likeness (QED) is 0.466. The zero-order valence-electron chi connectivity index (χ0n) is 10.4. The minimum absolute atomic E-state index is 0.355. The van der Waals surface area contributed by atoms with Gasteiger partial charge in [0.15, 0.2) is 0 Å². The number of aliphatic imine (C=N–C) groups is 1. The first-order valence-electron chi connectivity index (χ1n) is 6.08. The molecule has 1 heterocycles. The lowest BCUT2D eigenvalue weighted by atomic mass is 10.1. The highest BCUT2D eigenvalue weighted by molar-refractivity contribution is 6.41. The summed E-state index contributed by atoms with van der Waals surface area (Å²) >= 11 is 12.6. The molecule has 0 N–H and O–H groups in total. The van der Waals surface area contributed by atoms with Gasteiger partial charge in [-0.05, 0) is 18.2 Å². The zero-order valence-corrected chi connectivity index (χ0v) is 11.9. The van der Waals surface area contributed by atoms with E-state index in [0.717, 1.165) is 16.6 Å². The van der Waals surface area contributed by atoms with E-state index in [-0.39, 0.29) is 0 Å². The largest absolute Gasteiger partial charge is 0.256 e. The normalized spacial score (nSPS) is 11.3. The van der Waals surface area contributed by atoms with Crippen LogP contribution in [-0.2, 0) is 0 Å². The third kappa shape index (κ3) is 2.53. The second-order valence-corrected chi connectivity index (χ2v) is 4.98. The van der Waals surface area contributed by atoms with Gasteiger partial charge in [0.05, 0.1) is 16.2 Å². The molecule has 0 bridgehead atoms. The number of pyridine rings is 1.